The number of nitrogens with zero attached hydrogens (tertiary/aromatic N) is 3. The van der Waals surface area contributed by atoms with Crippen LogP contribution in [0.15, 0.2) is 67.0 Å². The number of piperidine rings is 1. The van der Waals surface area contributed by atoms with Crippen molar-refractivity contribution in [2.45, 2.75) is 32.7 Å². The monoisotopic (exact) mass is 388 g/mol. The Morgan fingerprint density at radius 3 is 2.59 bits per heavy atom. The maximum atomic E-state index is 12.8. The number of hydrogen-bond donors (Lipinski definition) is 1. The van der Waals surface area contributed by atoms with Crippen molar-refractivity contribution in [1.82, 2.24) is 14.7 Å². The fourth-order valence-corrected chi connectivity index (χ4v) is 3.99. The molecule has 1 aliphatic rings. The Morgan fingerprint density at radius 2 is 1.90 bits per heavy atom. The fourth-order valence-electron chi connectivity index (χ4n) is 3.99. The summed E-state index contributed by atoms with van der Waals surface area (Å²) < 4.78 is 1.86. The third-order valence-electron chi connectivity index (χ3n) is 5.83. The van der Waals surface area contributed by atoms with E-state index in [0.29, 0.717) is 0 Å². The van der Waals surface area contributed by atoms with Crippen LogP contribution in [-0.4, -0.2) is 33.7 Å². The summed E-state index contributed by atoms with van der Waals surface area (Å²) in [6, 6.07) is 18.7. The molecule has 0 spiro atoms. The first-order chi connectivity index (χ1) is 14.1. The smallest absolute Gasteiger partial charge is 0.228 e. The molecule has 0 radical (unpaired) electrons. The van der Waals surface area contributed by atoms with E-state index in [1.54, 1.807) is 6.20 Å². The second kappa shape index (κ2) is 8.62. The largest absolute Gasteiger partial charge is 0.326 e. The van der Waals surface area contributed by atoms with E-state index in [0.717, 1.165) is 37.3 Å². The summed E-state index contributed by atoms with van der Waals surface area (Å²) in [5, 5.41) is 7.37. The molecule has 0 saturated carbocycles. The third-order valence-corrected chi connectivity index (χ3v) is 5.83. The molecule has 1 aliphatic heterocycles. The lowest BCUT2D eigenvalue weighted by Crippen LogP contribution is -2.41. The Bertz CT molecular complexity index is 932. The Balaban J connectivity index is 1.39. The quantitative estimate of drug-likeness (QED) is 0.695. The van der Waals surface area contributed by atoms with Crippen molar-refractivity contribution in [3.63, 3.8) is 0 Å². The SMILES string of the molecule is Cc1ccc(NC(=O)C2CCCN(C(C)c3ccc(-n4cccn4)cc3)C2)cc1. The van der Waals surface area contributed by atoms with Crippen LogP contribution in [0.4, 0.5) is 5.69 Å². The van der Waals surface area contributed by atoms with Crippen molar-refractivity contribution in [2.75, 3.05) is 18.4 Å². The summed E-state index contributed by atoms with van der Waals surface area (Å²) in [6.45, 7) is 6.09. The molecule has 5 heteroatoms. The molecular formula is C24H28N4O. The van der Waals surface area contributed by atoms with Crippen LogP contribution in [0.1, 0.15) is 36.9 Å². The van der Waals surface area contributed by atoms with Crippen LogP contribution < -0.4 is 5.32 Å². The molecular weight excluding hydrogens is 360 g/mol. The van der Waals surface area contributed by atoms with Gasteiger partial charge in [0, 0.05) is 30.7 Å². The van der Waals surface area contributed by atoms with Crippen molar-refractivity contribution in [3.8, 4) is 5.69 Å². The van der Waals surface area contributed by atoms with Gasteiger partial charge < -0.3 is 5.32 Å². The summed E-state index contributed by atoms with van der Waals surface area (Å²) in [6.07, 6.45) is 5.72. The number of amides is 1. The van der Waals surface area contributed by atoms with Crippen LogP contribution in [-0.2, 0) is 4.79 Å². The van der Waals surface area contributed by atoms with Crippen LogP contribution in [0.5, 0.6) is 0 Å². The van der Waals surface area contributed by atoms with Gasteiger partial charge >= 0.3 is 0 Å². The van der Waals surface area contributed by atoms with E-state index in [-0.39, 0.29) is 17.9 Å². The minimum Gasteiger partial charge on any atom is -0.326 e. The van der Waals surface area contributed by atoms with Gasteiger partial charge in [0.2, 0.25) is 5.91 Å². The van der Waals surface area contributed by atoms with E-state index in [2.05, 4.69) is 46.5 Å². The molecule has 2 aromatic carbocycles. The highest BCUT2D eigenvalue weighted by molar-refractivity contribution is 5.92. The van der Waals surface area contributed by atoms with Gasteiger partial charge in [0.25, 0.3) is 0 Å². The fraction of sp³-hybridized carbons (Fsp3) is 0.333. The van der Waals surface area contributed by atoms with E-state index in [1.807, 2.05) is 48.1 Å². The highest BCUT2D eigenvalue weighted by Gasteiger charge is 2.28. The number of rotatable bonds is 5. The molecule has 1 aromatic heterocycles. The number of likely N-dealkylation sites (tertiary alicyclic amines) is 1. The van der Waals surface area contributed by atoms with Gasteiger partial charge in [-0.15, -0.1) is 0 Å². The zero-order valence-electron chi connectivity index (χ0n) is 17.1. The highest BCUT2D eigenvalue weighted by Crippen LogP contribution is 2.28. The molecule has 1 fully saturated rings. The van der Waals surface area contributed by atoms with E-state index < -0.39 is 0 Å². The topological polar surface area (TPSA) is 50.2 Å². The van der Waals surface area contributed by atoms with E-state index >= 15 is 0 Å². The molecule has 4 rings (SSSR count). The van der Waals surface area contributed by atoms with Crippen molar-refractivity contribution in [2.24, 2.45) is 5.92 Å². The number of nitrogens with one attached hydrogen (secondary N) is 1. The number of aromatic nitrogens is 2. The van der Waals surface area contributed by atoms with Crippen LogP contribution in [0.2, 0.25) is 0 Å². The van der Waals surface area contributed by atoms with Crippen molar-refractivity contribution >= 4 is 11.6 Å². The van der Waals surface area contributed by atoms with Gasteiger partial charge in [-0.2, -0.15) is 5.10 Å². The third kappa shape index (κ3) is 4.57. The average molecular weight is 389 g/mol. The molecule has 5 nitrogen and oxygen atoms in total. The molecule has 1 N–H and O–H groups in total. The van der Waals surface area contributed by atoms with Gasteiger partial charge in [0.1, 0.15) is 0 Å². The van der Waals surface area contributed by atoms with Crippen molar-refractivity contribution < 1.29 is 4.79 Å². The standard InChI is InChI=1S/C24H28N4O/c1-18-6-10-22(11-7-18)26-24(29)21-5-3-15-27(17-21)19(2)20-8-12-23(13-9-20)28-16-4-14-25-28/h4,6-14,16,19,21H,3,5,15,17H2,1-2H3,(H,26,29). The molecule has 1 saturated heterocycles. The highest BCUT2D eigenvalue weighted by atomic mass is 16.1. The van der Waals surface area contributed by atoms with Gasteiger partial charge in [-0.3, -0.25) is 9.69 Å². The lowest BCUT2D eigenvalue weighted by Gasteiger charge is -2.36. The molecule has 0 aliphatic carbocycles. The van der Waals surface area contributed by atoms with E-state index in [1.165, 1.54) is 11.1 Å². The molecule has 1 amide bonds. The molecule has 0 bridgehead atoms. The lowest BCUT2D eigenvalue weighted by atomic mass is 9.94. The summed E-state index contributed by atoms with van der Waals surface area (Å²) >= 11 is 0. The Labute approximate surface area is 172 Å². The number of anilines is 1. The maximum absolute atomic E-state index is 12.8. The average Bonchev–Trinajstić information content (AvgIpc) is 3.30. The van der Waals surface area contributed by atoms with E-state index in [4.69, 9.17) is 0 Å². The van der Waals surface area contributed by atoms with Crippen LogP contribution in [0.25, 0.3) is 5.69 Å². The summed E-state index contributed by atoms with van der Waals surface area (Å²) in [5.41, 5.74) is 4.39. The van der Waals surface area contributed by atoms with Crippen LogP contribution in [0.3, 0.4) is 0 Å². The number of carbonyl (C=O) groups is 1. The first-order valence-electron chi connectivity index (χ1n) is 10.3. The molecule has 2 atom stereocenters. The minimum absolute atomic E-state index is 0.0239. The van der Waals surface area contributed by atoms with Crippen LogP contribution >= 0.6 is 0 Å². The van der Waals surface area contributed by atoms with Gasteiger partial charge in [-0.05, 0) is 69.1 Å². The molecule has 3 aromatic rings. The second-order valence-electron chi connectivity index (χ2n) is 7.91. The number of hydrogen-bond acceptors (Lipinski definition) is 3. The predicted molar refractivity (Wildman–Crippen MR) is 116 cm³/mol. The number of aryl methyl sites for hydroxylation is 1. The summed E-state index contributed by atoms with van der Waals surface area (Å²) in [5.74, 6) is 0.149. The van der Waals surface area contributed by atoms with Gasteiger partial charge in [0.15, 0.2) is 0 Å². The Hall–Kier alpha value is -2.92. The van der Waals surface area contributed by atoms with Crippen LogP contribution in [0, 0.1) is 12.8 Å². The first kappa shape index (κ1) is 19.4. The van der Waals surface area contributed by atoms with Gasteiger partial charge in [-0.25, -0.2) is 4.68 Å². The molecule has 2 heterocycles. The maximum Gasteiger partial charge on any atom is 0.228 e. The zero-order chi connectivity index (χ0) is 20.2. The van der Waals surface area contributed by atoms with Gasteiger partial charge in [0.05, 0.1) is 11.6 Å². The number of carbonyl (C=O) groups excluding carboxylic acids is 1. The molecule has 150 valence electrons. The minimum atomic E-state index is 0.0239. The van der Waals surface area contributed by atoms with Gasteiger partial charge in [-0.1, -0.05) is 29.8 Å². The lowest BCUT2D eigenvalue weighted by molar-refractivity contribution is -0.121. The Morgan fingerprint density at radius 1 is 1.14 bits per heavy atom. The summed E-state index contributed by atoms with van der Waals surface area (Å²) in [7, 11) is 0. The normalized spacial score (nSPS) is 18.3. The van der Waals surface area contributed by atoms with Crippen molar-refractivity contribution in [3.05, 3.63) is 78.1 Å². The zero-order valence-corrected chi connectivity index (χ0v) is 17.1. The molecule has 2 unspecified atom stereocenters. The Kier molecular flexibility index (Phi) is 5.76. The summed E-state index contributed by atoms with van der Waals surface area (Å²) in [4.78, 5) is 15.2. The number of benzene rings is 2. The van der Waals surface area contributed by atoms with E-state index in [9.17, 15) is 4.79 Å². The molecule has 29 heavy (non-hydrogen) atoms. The van der Waals surface area contributed by atoms with Crippen molar-refractivity contribution in [1.29, 1.82) is 0 Å². The predicted octanol–water partition coefficient (Wildman–Crippen LogP) is 4.59. The second-order valence-corrected chi connectivity index (χ2v) is 7.91. The first-order valence-corrected chi connectivity index (χ1v) is 10.3.